The van der Waals surface area contributed by atoms with Gasteiger partial charge in [-0.25, -0.2) is 10.4 Å². The van der Waals surface area contributed by atoms with Crippen molar-refractivity contribution in [3.63, 3.8) is 0 Å². The molecular weight excluding hydrogens is 392 g/mol. The van der Waals surface area contributed by atoms with Crippen molar-refractivity contribution < 1.29 is 4.79 Å². The predicted octanol–water partition coefficient (Wildman–Crippen LogP) is 4.64. The average molecular weight is 415 g/mol. The van der Waals surface area contributed by atoms with E-state index in [-0.39, 0.29) is 11.7 Å². The summed E-state index contributed by atoms with van der Waals surface area (Å²) in [6, 6.07) is 26.2. The summed E-state index contributed by atoms with van der Waals surface area (Å²) in [5.41, 5.74) is 7.89. The molecule has 1 aromatic heterocycles. The zero-order chi connectivity index (χ0) is 20.8. The van der Waals surface area contributed by atoms with Crippen LogP contribution in [0.3, 0.4) is 0 Å². The fourth-order valence-electron chi connectivity index (χ4n) is 3.08. The molecule has 30 heavy (non-hydrogen) atoms. The maximum Gasteiger partial charge on any atom is 0.250 e. The first kappa shape index (κ1) is 19.9. The molecule has 0 bridgehead atoms. The molecule has 0 aliphatic heterocycles. The highest BCUT2D eigenvalue weighted by Crippen LogP contribution is 2.25. The van der Waals surface area contributed by atoms with Crippen LogP contribution in [0.1, 0.15) is 16.7 Å². The van der Waals surface area contributed by atoms with Crippen LogP contribution in [0.2, 0.25) is 0 Å². The summed E-state index contributed by atoms with van der Waals surface area (Å²) >= 11 is 1.41. The second-order valence-electron chi connectivity index (χ2n) is 6.95. The fraction of sp³-hybridized carbons (Fsp3) is 0.125. The van der Waals surface area contributed by atoms with Crippen molar-refractivity contribution >= 4 is 34.9 Å². The van der Waals surface area contributed by atoms with Crippen molar-refractivity contribution in [2.45, 2.75) is 18.6 Å². The van der Waals surface area contributed by atoms with Crippen LogP contribution in [0.4, 0.5) is 0 Å². The molecular formula is C24H22N4OS. The molecule has 0 aliphatic rings. The summed E-state index contributed by atoms with van der Waals surface area (Å²) in [6.45, 7) is 2.74. The topological polar surface area (TPSA) is 59.3 Å². The van der Waals surface area contributed by atoms with E-state index in [9.17, 15) is 4.79 Å². The number of carbonyl (C=O) groups excluding carboxylic acids is 1. The summed E-state index contributed by atoms with van der Waals surface area (Å²) in [7, 11) is 0. The number of benzene rings is 3. The van der Waals surface area contributed by atoms with Crippen molar-refractivity contribution in [2.24, 2.45) is 5.10 Å². The molecule has 6 heteroatoms. The minimum absolute atomic E-state index is 0.165. The van der Waals surface area contributed by atoms with E-state index >= 15 is 0 Å². The van der Waals surface area contributed by atoms with E-state index in [2.05, 4.69) is 33.3 Å². The first-order valence-corrected chi connectivity index (χ1v) is 10.7. The molecule has 0 unspecified atom stereocenters. The van der Waals surface area contributed by atoms with Gasteiger partial charge in [0.15, 0.2) is 5.16 Å². The number of fused-ring (bicyclic) bond motifs is 1. The van der Waals surface area contributed by atoms with E-state index < -0.39 is 0 Å². The maximum absolute atomic E-state index is 12.3. The molecule has 0 radical (unpaired) electrons. The van der Waals surface area contributed by atoms with Crippen molar-refractivity contribution in [2.75, 3.05) is 5.75 Å². The normalized spacial score (nSPS) is 11.2. The fourth-order valence-corrected chi connectivity index (χ4v) is 3.88. The largest absolute Gasteiger partial charge is 0.314 e. The summed E-state index contributed by atoms with van der Waals surface area (Å²) in [5.74, 6) is 0.0743. The minimum Gasteiger partial charge on any atom is -0.314 e. The molecule has 4 rings (SSSR count). The van der Waals surface area contributed by atoms with Gasteiger partial charge in [-0.05, 0) is 30.2 Å². The maximum atomic E-state index is 12.3. The van der Waals surface area contributed by atoms with E-state index in [1.807, 2.05) is 67.6 Å². The zero-order valence-electron chi connectivity index (χ0n) is 16.7. The van der Waals surface area contributed by atoms with E-state index in [1.165, 1.54) is 22.9 Å². The standard InChI is InChI=1S/C24H22N4OS/c1-18-11-13-19(14-12-18)15-25-27-23(29)17-30-24-26-21-9-5-6-10-22(21)28(24)16-20-7-3-2-4-8-20/h2-15H,16-17H2,1H3,(H,27,29)/b25-15-. The Balaban J connectivity index is 1.43. The van der Waals surface area contributed by atoms with Gasteiger partial charge in [0.2, 0.25) is 0 Å². The van der Waals surface area contributed by atoms with Gasteiger partial charge in [0, 0.05) is 0 Å². The van der Waals surface area contributed by atoms with Crippen LogP contribution in [0.15, 0.2) is 89.1 Å². The van der Waals surface area contributed by atoms with Gasteiger partial charge in [-0.15, -0.1) is 0 Å². The van der Waals surface area contributed by atoms with Crippen LogP contribution in [0, 0.1) is 6.92 Å². The van der Waals surface area contributed by atoms with Crippen LogP contribution >= 0.6 is 11.8 Å². The van der Waals surface area contributed by atoms with Crippen molar-refractivity contribution in [1.29, 1.82) is 0 Å². The molecule has 5 nitrogen and oxygen atoms in total. The Labute approximate surface area is 179 Å². The number of amides is 1. The van der Waals surface area contributed by atoms with Crippen molar-refractivity contribution in [3.05, 3.63) is 95.6 Å². The third-order valence-electron chi connectivity index (χ3n) is 4.62. The molecule has 0 atom stereocenters. The molecule has 1 amide bonds. The number of thioether (sulfide) groups is 1. The molecule has 0 saturated carbocycles. The second-order valence-corrected chi connectivity index (χ2v) is 7.89. The van der Waals surface area contributed by atoms with Gasteiger partial charge in [-0.3, -0.25) is 4.79 Å². The second kappa shape index (κ2) is 9.41. The van der Waals surface area contributed by atoms with Gasteiger partial charge in [0.1, 0.15) is 0 Å². The van der Waals surface area contributed by atoms with E-state index in [0.717, 1.165) is 21.8 Å². The molecule has 4 aromatic rings. The lowest BCUT2D eigenvalue weighted by molar-refractivity contribution is -0.118. The molecule has 0 fully saturated rings. The quantitative estimate of drug-likeness (QED) is 0.272. The number of aromatic nitrogens is 2. The number of aryl methyl sites for hydroxylation is 1. The number of nitrogens with zero attached hydrogens (tertiary/aromatic N) is 3. The number of hydrogen-bond donors (Lipinski definition) is 1. The highest BCUT2D eigenvalue weighted by Gasteiger charge is 2.13. The number of nitrogens with one attached hydrogen (secondary N) is 1. The number of para-hydroxylation sites is 2. The van der Waals surface area contributed by atoms with Crippen LogP contribution in [0.5, 0.6) is 0 Å². The number of hydrogen-bond acceptors (Lipinski definition) is 4. The van der Waals surface area contributed by atoms with E-state index in [1.54, 1.807) is 6.21 Å². The monoisotopic (exact) mass is 414 g/mol. The Hall–Kier alpha value is -3.38. The summed E-state index contributed by atoms with van der Waals surface area (Å²) in [5, 5.41) is 4.87. The molecule has 0 spiro atoms. The van der Waals surface area contributed by atoms with Crippen LogP contribution in [0.25, 0.3) is 11.0 Å². The number of rotatable bonds is 7. The lowest BCUT2D eigenvalue weighted by Crippen LogP contribution is -2.20. The highest BCUT2D eigenvalue weighted by atomic mass is 32.2. The summed E-state index contributed by atoms with van der Waals surface area (Å²) in [4.78, 5) is 17.0. The van der Waals surface area contributed by atoms with Gasteiger partial charge in [0.05, 0.1) is 29.5 Å². The third-order valence-corrected chi connectivity index (χ3v) is 5.59. The molecule has 1 heterocycles. The van der Waals surface area contributed by atoms with E-state index in [0.29, 0.717) is 6.54 Å². The van der Waals surface area contributed by atoms with E-state index in [4.69, 9.17) is 4.98 Å². The summed E-state index contributed by atoms with van der Waals surface area (Å²) < 4.78 is 2.15. The van der Waals surface area contributed by atoms with Crippen LogP contribution in [-0.2, 0) is 11.3 Å². The SMILES string of the molecule is Cc1ccc(/C=N\NC(=O)CSc2nc3ccccc3n2Cc2ccccc2)cc1. The Morgan fingerprint density at radius 3 is 2.57 bits per heavy atom. The minimum atomic E-state index is -0.165. The lowest BCUT2D eigenvalue weighted by atomic mass is 10.2. The lowest BCUT2D eigenvalue weighted by Gasteiger charge is -2.09. The van der Waals surface area contributed by atoms with Crippen LogP contribution < -0.4 is 5.43 Å². The Morgan fingerprint density at radius 2 is 1.77 bits per heavy atom. The van der Waals surface area contributed by atoms with Gasteiger partial charge >= 0.3 is 0 Å². The Kier molecular flexibility index (Phi) is 6.25. The number of carbonyl (C=O) groups is 1. The first-order chi connectivity index (χ1) is 14.7. The molecule has 0 saturated heterocycles. The Bertz CT molecular complexity index is 1170. The molecule has 1 N–H and O–H groups in total. The first-order valence-electron chi connectivity index (χ1n) is 9.69. The van der Waals surface area contributed by atoms with Gasteiger partial charge in [0.25, 0.3) is 5.91 Å². The van der Waals surface area contributed by atoms with Crippen molar-refractivity contribution in [3.8, 4) is 0 Å². The van der Waals surface area contributed by atoms with Gasteiger partial charge in [-0.2, -0.15) is 5.10 Å². The smallest absolute Gasteiger partial charge is 0.250 e. The Morgan fingerprint density at radius 1 is 1.03 bits per heavy atom. The highest BCUT2D eigenvalue weighted by molar-refractivity contribution is 7.99. The zero-order valence-corrected chi connectivity index (χ0v) is 17.5. The predicted molar refractivity (Wildman–Crippen MR) is 123 cm³/mol. The third kappa shape index (κ3) is 4.96. The molecule has 150 valence electrons. The summed E-state index contributed by atoms with van der Waals surface area (Å²) in [6.07, 6.45) is 1.65. The molecule has 3 aromatic carbocycles. The number of imidazole rings is 1. The van der Waals surface area contributed by atoms with Crippen molar-refractivity contribution in [1.82, 2.24) is 15.0 Å². The van der Waals surface area contributed by atoms with Gasteiger partial charge < -0.3 is 4.57 Å². The van der Waals surface area contributed by atoms with Crippen LogP contribution in [-0.4, -0.2) is 27.4 Å². The average Bonchev–Trinajstić information content (AvgIpc) is 3.12. The van der Waals surface area contributed by atoms with Gasteiger partial charge in [-0.1, -0.05) is 84.1 Å². The molecule has 0 aliphatic carbocycles. The number of hydrazone groups is 1.